The van der Waals surface area contributed by atoms with Crippen LogP contribution in [0.1, 0.15) is 46.5 Å². The van der Waals surface area contributed by atoms with Gasteiger partial charge in [-0.15, -0.1) is 0 Å². The maximum atomic E-state index is 11.5. The molecule has 5 nitrogen and oxygen atoms in total. The molecule has 1 saturated carbocycles. The van der Waals surface area contributed by atoms with Crippen LogP contribution in [0.5, 0.6) is 0 Å². The van der Waals surface area contributed by atoms with Gasteiger partial charge >= 0.3 is 5.97 Å². The molecule has 2 atom stereocenters. The molecule has 0 aromatic rings. The Morgan fingerprint density at radius 3 is 2.50 bits per heavy atom. The van der Waals surface area contributed by atoms with E-state index in [9.17, 15) is 9.59 Å². The molecule has 0 N–H and O–H groups in total. The third-order valence-corrected chi connectivity index (χ3v) is 3.11. The molecule has 5 heteroatoms. The van der Waals surface area contributed by atoms with Crippen molar-refractivity contribution in [2.45, 2.75) is 52.6 Å². The summed E-state index contributed by atoms with van der Waals surface area (Å²) in [6.07, 6.45) is 4.29. The molecule has 0 unspecified atom stereocenters. The van der Waals surface area contributed by atoms with Gasteiger partial charge in [0.2, 0.25) is 5.71 Å². The summed E-state index contributed by atoms with van der Waals surface area (Å²) in [6.45, 7) is 5.27. The molecule has 0 spiro atoms. The highest BCUT2D eigenvalue weighted by Gasteiger charge is 2.25. The van der Waals surface area contributed by atoms with Crippen molar-refractivity contribution in [1.29, 1.82) is 0 Å². The lowest BCUT2D eigenvalue weighted by molar-refractivity contribution is -0.136. The van der Waals surface area contributed by atoms with Crippen molar-refractivity contribution < 1.29 is 19.2 Å². The molecule has 1 rings (SSSR count). The standard InChI is InChI=1S/C13H21NO4/c1-4-17-13(16)12(10(3)15)14-18-11-8-6-5-7-9(11)2/h9,11H,4-8H2,1-3H3/t9-,11+/m0/s1. The van der Waals surface area contributed by atoms with Crippen molar-refractivity contribution in [3.63, 3.8) is 0 Å². The first-order valence-corrected chi connectivity index (χ1v) is 6.48. The van der Waals surface area contributed by atoms with Gasteiger partial charge in [-0.25, -0.2) is 4.79 Å². The minimum absolute atomic E-state index is 0.0115. The maximum Gasteiger partial charge on any atom is 0.364 e. The molecular weight excluding hydrogens is 234 g/mol. The summed E-state index contributed by atoms with van der Waals surface area (Å²) in [5.74, 6) is -0.747. The van der Waals surface area contributed by atoms with E-state index >= 15 is 0 Å². The average Bonchev–Trinajstić information content (AvgIpc) is 2.31. The number of oxime groups is 1. The van der Waals surface area contributed by atoms with E-state index in [1.165, 1.54) is 13.3 Å². The molecule has 0 aromatic heterocycles. The van der Waals surface area contributed by atoms with Gasteiger partial charge in [-0.1, -0.05) is 18.5 Å². The van der Waals surface area contributed by atoms with E-state index in [1.54, 1.807) is 6.92 Å². The molecule has 0 aliphatic heterocycles. The zero-order valence-corrected chi connectivity index (χ0v) is 11.3. The molecule has 0 amide bonds. The molecule has 0 heterocycles. The van der Waals surface area contributed by atoms with Gasteiger partial charge in [0.1, 0.15) is 6.10 Å². The predicted molar refractivity (Wildman–Crippen MR) is 67.3 cm³/mol. The Morgan fingerprint density at radius 2 is 1.94 bits per heavy atom. The van der Waals surface area contributed by atoms with E-state index in [2.05, 4.69) is 12.1 Å². The molecule has 102 valence electrons. The van der Waals surface area contributed by atoms with Gasteiger partial charge < -0.3 is 9.57 Å². The van der Waals surface area contributed by atoms with Crippen LogP contribution in [0, 0.1) is 5.92 Å². The Morgan fingerprint density at radius 1 is 1.28 bits per heavy atom. The summed E-state index contributed by atoms with van der Waals surface area (Å²) in [5, 5.41) is 3.71. The van der Waals surface area contributed by atoms with Crippen LogP contribution in [0.25, 0.3) is 0 Å². The number of nitrogens with zero attached hydrogens (tertiary/aromatic N) is 1. The van der Waals surface area contributed by atoms with Gasteiger partial charge in [-0.3, -0.25) is 4.79 Å². The van der Waals surface area contributed by atoms with Crippen molar-refractivity contribution in [3.8, 4) is 0 Å². The Balaban J connectivity index is 2.65. The second-order valence-corrected chi connectivity index (χ2v) is 4.62. The average molecular weight is 255 g/mol. The number of carbonyl (C=O) groups excluding carboxylic acids is 2. The van der Waals surface area contributed by atoms with E-state index in [1.807, 2.05) is 0 Å². The number of ether oxygens (including phenoxy) is 1. The lowest BCUT2D eigenvalue weighted by Crippen LogP contribution is -2.28. The maximum absolute atomic E-state index is 11.5. The SMILES string of the molecule is CCOC(=O)C(=NO[C@@H]1CCCC[C@@H]1C)C(C)=O. The van der Waals surface area contributed by atoms with Gasteiger partial charge in [-0.05, 0) is 32.1 Å². The number of Topliss-reactive ketones (excluding diaryl/α,β-unsaturated/α-hetero) is 1. The van der Waals surface area contributed by atoms with Crippen LogP contribution in [0.15, 0.2) is 5.16 Å². The van der Waals surface area contributed by atoms with Gasteiger partial charge in [0.25, 0.3) is 0 Å². The van der Waals surface area contributed by atoms with Crippen LogP contribution >= 0.6 is 0 Å². The lowest BCUT2D eigenvalue weighted by Gasteiger charge is -2.26. The summed E-state index contributed by atoms with van der Waals surface area (Å²) in [5.41, 5.74) is -0.255. The summed E-state index contributed by atoms with van der Waals surface area (Å²) in [6, 6.07) is 0. The molecule has 18 heavy (non-hydrogen) atoms. The van der Waals surface area contributed by atoms with E-state index in [4.69, 9.17) is 9.57 Å². The zero-order chi connectivity index (χ0) is 13.5. The Hall–Kier alpha value is -1.39. The van der Waals surface area contributed by atoms with Gasteiger partial charge in [0, 0.05) is 6.92 Å². The van der Waals surface area contributed by atoms with E-state index in [-0.39, 0.29) is 18.4 Å². The van der Waals surface area contributed by atoms with Crippen LogP contribution in [0.4, 0.5) is 0 Å². The lowest BCUT2D eigenvalue weighted by atomic mass is 9.88. The van der Waals surface area contributed by atoms with Crippen LogP contribution in [-0.4, -0.2) is 30.2 Å². The summed E-state index contributed by atoms with van der Waals surface area (Å²) in [4.78, 5) is 28.1. The topological polar surface area (TPSA) is 65.0 Å². The third kappa shape index (κ3) is 4.13. The van der Waals surface area contributed by atoms with Crippen molar-refractivity contribution in [2.75, 3.05) is 6.61 Å². The number of rotatable bonds is 5. The molecule has 1 aliphatic rings. The molecule has 0 bridgehead atoms. The first-order chi connectivity index (χ1) is 8.56. The zero-order valence-electron chi connectivity index (χ0n) is 11.3. The Bertz CT molecular complexity index is 338. The summed E-state index contributed by atoms with van der Waals surface area (Å²) < 4.78 is 4.76. The fraction of sp³-hybridized carbons (Fsp3) is 0.769. The van der Waals surface area contributed by atoms with E-state index in [0.717, 1.165) is 19.3 Å². The normalized spacial score (nSPS) is 24.5. The molecule has 0 radical (unpaired) electrons. The molecule has 1 aliphatic carbocycles. The number of carbonyl (C=O) groups is 2. The van der Waals surface area contributed by atoms with Crippen molar-refractivity contribution in [3.05, 3.63) is 0 Å². The summed E-state index contributed by atoms with van der Waals surface area (Å²) in [7, 11) is 0. The third-order valence-electron chi connectivity index (χ3n) is 3.11. The van der Waals surface area contributed by atoms with Crippen LogP contribution in [0.3, 0.4) is 0 Å². The summed E-state index contributed by atoms with van der Waals surface area (Å²) >= 11 is 0. The second kappa shape index (κ2) is 7.13. The Kier molecular flexibility index (Phi) is 5.82. The first kappa shape index (κ1) is 14.7. The minimum atomic E-state index is -0.714. The van der Waals surface area contributed by atoms with Crippen LogP contribution in [-0.2, 0) is 19.2 Å². The molecule has 0 saturated heterocycles. The number of hydrogen-bond acceptors (Lipinski definition) is 5. The monoisotopic (exact) mass is 255 g/mol. The van der Waals surface area contributed by atoms with Gasteiger partial charge in [0.05, 0.1) is 6.61 Å². The predicted octanol–water partition coefficient (Wildman–Crippen LogP) is 2.09. The van der Waals surface area contributed by atoms with Crippen LogP contribution in [0.2, 0.25) is 0 Å². The van der Waals surface area contributed by atoms with Gasteiger partial charge in [-0.2, -0.15) is 0 Å². The number of hydrogen-bond donors (Lipinski definition) is 0. The van der Waals surface area contributed by atoms with Crippen molar-refractivity contribution in [2.24, 2.45) is 11.1 Å². The Labute approximate surface area is 108 Å². The number of esters is 1. The first-order valence-electron chi connectivity index (χ1n) is 6.48. The van der Waals surface area contributed by atoms with Gasteiger partial charge in [0.15, 0.2) is 5.78 Å². The largest absolute Gasteiger partial charge is 0.461 e. The molecule has 1 fully saturated rings. The van der Waals surface area contributed by atoms with Crippen molar-refractivity contribution in [1.82, 2.24) is 0 Å². The smallest absolute Gasteiger partial charge is 0.364 e. The second-order valence-electron chi connectivity index (χ2n) is 4.62. The van der Waals surface area contributed by atoms with E-state index in [0.29, 0.717) is 5.92 Å². The fourth-order valence-electron chi connectivity index (χ4n) is 2.00. The van der Waals surface area contributed by atoms with Crippen LogP contribution < -0.4 is 0 Å². The van der Waals surface area contributed by atoms with E-state index < -0.39 is 11.8 Å². The highest BCUT2D eigenvalue weighted by Crippen LogP contribution is 2.26. The molecular formula is C13H21NO4. The highest BCUT2D eigenvalue weighted by molar-refractivity contribution is 6.63. The highest BCUT2D eigenvalue weighted by atomic mass is 16.6. The van der Waals surface area contributed by atoms with Crippen molar-refractivity contribution >= 4 is 17.5 Å². The fourth-order valence-corrected chi connectivity index (χ4v) is 2.00. The quantitative estimate of drug-likeness (QED) is 0.326. The molecule has 0 aromatic carbocycles. The number of ketones is 1. The minimum Gasteiger partial charge on any atom is -0.461 e.